The minimum absolute atomic E-state index is 0.375. The average Bonchev–Trinajstić information content (AvgIpc) is 1.82. The van der Waals surface area contributed by atoms with Crippen LogP contribution in [0, 0.1) is 9.52 Å². The van der Waals surface area contributed by atoms with Gasteiger partial charge in [-0.05, 0) is 28.7 Å². The van der Waals surface area contributed by atoms with Crippen molar-refractivity contribution in [3.63, 3.8) is 0 Å². The number of rotatable bonds is 0. The molecule has 66 valence electrons. The molecule has 6 heteroatoms. The van der Waals surface area contributed by atoms with Gasteiger partial charge < -0.3 is 0 Å². The van der Waals surface area contributed by atoms with Crippen molar-refractivity contribution in [3.8, 4) is 0 Å². The molecule has 0 atom stereocenters. The van der Waals surface area contributed by atoms with E-state index in [1.807, 2.05) is 0 Å². The largest absolute Gasteiger partial charge is 0.421 e. The van der Waals surface area contributed by atoms with E-state index in [4.69, 9.17) is 0 Å². The molecule has 0 aliphatic carbocycles. The molecule has 1 aromatic heterocycles. The Hall–Kier alpha value is -0.400. The summed E-state index contributed by atoms with van der Waals surface area (Å²) in [5.74, 6) is -1.29. The van der Waals surface area contributed by atoms with E-state index in [0.29, 0.717) is 6.07 Å². The van der Waals surface area contributed by atoms with E-state index in [-0.39, 0.29) is 3.70 Å². The van der Waals surface area contributed by atoms with E-state index < -0.39 is 17.6 Å². The first-order valence-corrected chi connectivity index (χ1v) is 3.88. The average molecular weight is 291 g/mol. The molecule has 1 rings (SSSR count). The summed E-state index contributed by atoms with van der Waals surface area (Å²) in [7, 11) is 0. The van der Waals surface area contributed by atoms with Gasteiger partial charge in [-0.25, -0.2) is 9.37 Å². The Morgan fingerprint density at radius 2 is 1.92 bits per heavy atom. The topological polar surface area (TPSA) is 12.9 Å². The molecule has 0 aliphatic rings. The summed E-state index contributed by atoms with van der Waals surface area (Å²) in [5, 5.41) is 0. The number of aromatic nitrogens is 1. The summed E-state index contributed by atoms with van der Waals surface area (Å²) in [4.78, 5) is 3.33. The maximum absolute atomic E-state index is 12.6. The number of hydrogen-bond acceptors (Lipinski definition) is 1. The van der Waals surface area contributed by atoms with Gasteiger partial charge in [0.15, 0.2) is 0 Å². The zero-order chi connectivity index (χ0) is 9.35. The number of hydrogen-bond donors (Lipinski definition) is 0. The van der Waals surface area contributed by atoms with Gasteiger partial charge in [0, 0.05) is 6.20 Å². The molecule has 0 aromatic carbocycles. The molecule has 0 spiro atoms. The minimum Gasteiger partial charge on any atom is -0.249 e. The van der Waals surface area contributed by atoms with Crippen molar-refractivity contribution in [2.45, 2.75) is 6.18 Å². The molecule has 0 saturated carbocycles. The highest BCUT2D eigenvalue weighted by atomic mass is 127. The lowest BCUT2D eigenvalue weighted by Crippen LogP contribution is -2.11. The third-order valence-corrected chi connectivity index (χ3v) is 1.96. The predicted molar refractivity (Wildman–Crippen MR) is 41.9 cm³/mol. The molecular weight excluding hydrogens is 289 g/mol. The zero-order valence-corrected chi connectivity index (χ0v) is 7.65. The fraction of sp³-hybridized carbons (Fsp3) is 0.167. The number of alkyl halides is 3. The summed E-state index contributed by atoms with van der Waals surface area (Å²) in [6, 6.07) is 0.686. The van der Waals surface area contributed by atoms with E-state index >= 15 is 0 Å². The van der Waals surface area contributed by atoms with Crippen LogP contribution in [-0.2, 0) is 6.18 Å². The maximum atomic E-state index is 12.6. The van der Waals surface area contributed by atoms with Crippen LogP contribution in [0.15, 0.2) is 12.3 Å². The van der Waals surface area contributed by atoms with Gasteiger partial charge in [0.2, 0.25) is 0 Å². The third kappa shape index (κ3) is 1.85. The maximum Gasteiger partial charge on any atom is 0.421 e. The van der Waals surface area contributed by atoms with Gasteiger partial charge in [-0.2, -0.15) is 13.2 Å². The van der Waals surface area contributed by atoms with E-state index in [9.17, 15) is 17.6 Å². The first-order valence-electron chi connectivity index (χ1n) is 2.80. The Morgan fingerprint density at radius 3 is 2.25 bits per heavy atom. The summed E-state index contributed by atoms with van der Waals surface area (Å²) in [6.07, 6.45) is -3.68. The van der Waals surface area contributed by atoms with Crippen LogP contribution in [0.25, 0.3) is 0 Å². The Labute approximate surface area is 78.9 Å². The van der Waals surface area contributed by atoms with Crippen LogP contribution < -0.4 is 0 Å². The second kappa shape index (κ2) is 3.15. The van der Waals surface area contributed by atoms with Crippen LogP contribution >= 0.6 is 22.6 Å². The summed E-state index contributed by atoms with van der Waals surface area (Å²) in [6.45, 7) is 0. The SMILES string of the molecule is Fc1ccnc(I)c1C(F)(F)F. The molecule has 1 nitrogen and oxygen atoms in total. The predicted octanol–water partition coefficient (Wildman–Crippen LogP) is 2.84. The van der Waals surface area contributed by atoms with Crippen LogP contribution in [0.2, 0.25) is 0 Å². The fourth-order valence-corrected chi connectivity index (χ4v) is 1.39. The lowest BCUT2D eigenvalue weighted by atomic mass is 10.3. The van der Waals surface area contributed by atoms with Crippen molar-refractivity contribution in [3.05, 3.63) is 27.3 Å². The van der Waals surface area contributed by atoms with Crippen molar-refractivity contribution in [1.29, 1.82) is 0 Å². The smallest absolute Gasteiger partial charge is 0.249 e. The number of halogens is 5. The van der Waals surface area contributed by atoms with Gasteiger partial charge in [0.25, 0.3) is 0 Å². The normalized spacial score (nSPS) is 11.8. The van der Waals surface area contributed by atoms with Crippen molar-refractivity contribution in [2.75, 3.05) is 0 Å². The van der Waals surface area contributed by atoms with Crippen molar-refractivity contribution in [1.82, 2.24) is 4.98 Å². The lowest BCUT2D eigenvalue weighted by molar-refractivity contribution is -0.141. The highest BCUT2D eigenvalue weighted by molar-refractivity contribution is 14.1. The van der Waals surface area contributed by atoms with Crippen LogP contribution in [-0.4, -0.2) is 4.98 Å². The van der Waals surface area contributed by atoms with Crippen LogP contribution in [0.4, 0.5) is 17.6 Å². The second-order valence-electron chi connectivity index (χ2n) is 1.96. The highest BCUT2D eigenvalue weighted by Crippen LogP contribution is 2.33. The fourth-order valence-electron chi connectivity index (χ4n) is 0.667. The van der Waals surface area contributed by atoms with E-state index in [1.165, 1.54) is 22.6 Å². The molecule has 0 bridgehead atoms. The molecule has 12 heavy (non-hydrogen) atoms. The Morgan fingerprint density at radius 1 is 1.33 bits per heavy atom. The van der Waals surface area contributed by atoms with E-state index in [0.717, 1.165) is 6.20 Å². The molecule has 0 aliphatic heterocycles. The Kier molecular flexibility index (Phi) is 2.55. The van der Waals surface area contributed by atoms with E-state index in [2.05, 4.69) is 4.98 Å². The molecule has 0 N–H and O–H groups in total. The molecule has 1 aromatic rings. The van der Waals surface area contributed by atoms with Crippen LogP contribution in [0.5, 0.6) is 0 Å². The molecule has 0 unspecified atom stereocenters. The van der Waals surface area contributed by atoms with Crippen molar-refractivity contribution in [2.24, 2.45) is 0 Å². The second-order valence-corrected chi connectivity index (χ2v) is 2.98. The lowest BCUT2D eigenvalue weighted by Gasteiger charge is -2.08. The summed E-state index contributed by atoms with van der Waals surface area (Å²) >= 11 is 1.34. The van der Waals surface area contributed by atoms with Crippen molar-refractivity contribution < 1.29 is 17.6 Å². The standard InChI is InChI=1S/C6H2F4IN/c7-3-1-2-12-5(11)4(3)6(8,9)10/h1-2H. The van der Waals surface area contributed by atoms with Gasteiger partial charge in [-0.1, -0.05) is 0 Å². The van der Waals surface area contributed by atoms with Gasteiger partial charge in [0.05, 0.1) is 0 Å². The quantitative estimate of drug-likeness (QED) is 0.407. The van der Waals surface area contributed by atoms with Gasteiger partial charge >= 0.3 is 6.18 Å². The highest BCUT2D eigenvalue weighted by Gasteiger charge is 2.36. The minimum atomic E-state index is -4.67. The molecule has 0 saturated heterocycles. The number of pyridine rings is 1. The monoisotopic (exact) mass is 291 g/mol. The Balaban J connectivity index is 3.31. The summed E-state index contributed by atoms with van der Waals surface area (Å²) in [5.41, 5.74) is -1.30. The summed E-state index contributed by atoms with van der Waals surface area (Å²) < 4.78 is 48.3. The molecule has 1 heterocycles. The molecule has 0 fully saturated rings. The van der Waals surface area contributed by atoms with Gasteiger partial charge in [0.1, 0.15) is 15.1 Å². The van der Waals surface area contributed by atoms with Gasteiger partial charge in [-0.3, -0.25) is 0 Å². The van der Waals surface area contributed by atoms with Gasteiger partial charge in [-0.15, -0.1) is 0 Å². The number of nitrogens with zero attached hydrogens (tertiary/aromatic N) is 1. The molecule has 0 radical (unpaired) electrons. The van der Waals surface area contributed by atoms with Crippen LogP contribution in [0.3, 0.4) is 0 Å². The zero-order valence-electron chi connectivity index (χ0n) is 5.49. The Bertz CT molecular complexity index is 276. The molecular formula is C6H2F4IN. The van der Waals surface area contributed by atoms with Crippen molar-refractivity contribution >= 4 is 22.6 Å². The molecule has 0 amide bonds. The van der Waals surface area contributed by atoms with E-state index in [1.54, 1.807) is 0 Å². The first kappa shape index (κ1) is 9.69. The third-order valence-electron chi connectivity index (χ3n) is 1.14. The van der Waals surface area contributed by atoms with Crippen LogP contribution in [0.1, 0.15) is 5.56 Å². The first-order chi connectivity index (χ1) is 5.43.